The third-order valence-corrected chi connectivity index (χ3v) is 3.42. The highest BCUT2D eigenvalue weighted by atomic mass is 35.5. The molecule has 0 spiro atoms. The highest BCUT2D eigenvalue weighted by Crippen LogP contribution is 2.29. The van der Waals surface area contributed by atoms with E-state index < -0.39 is 0 Å². The normalized spacial score (nSPS) is 20.1. The zero-order chi connectivity index (χ0) is 11.8. The lowest BCUT2D eigenvalue weighted by atomic mass is 10.2. The second-order valence-electron chi connectivity index (χ2n) is 4.38. The Morgan fingerprint density at radius 3 is 3.00 bits per heavy atom. The first kappa shape index (κ1) is 10.8. The quantitative estimate of drug-likeness (QED) is 0.842. The number of aliphatic hydroxyl groups excluding tert-OH is 1. The average Bonchev–Trinajstić information content (AvgIpc) is 2.74. The maximum atomic E-state index is 9.60. The third-order valence-electron chi connectivity index (χ3n) is 3.19. The number of aliphatic hydroxyl groups is 1. The maximum absolute atomic E-state index is 9.60. The molecule has 1 atom stereocenters. The number of hydrogen-bond acceptors (Lipinski definition) is 3. The van der Waals surface area contributed by atoms with Crippen LogP contribution >= 0.6 is 11.6 Å². The Morgan fingerprint density at radius 1 is 1.35 bits per heavy atom. The van der Waals surface area contributed by atoms with Gasteiger partial charge in [-0.05, 0) is 30.7 Å². The number of halogens is 1. The first-order valence-electron chi connectivity index (χ1n) is 5.71. The molecular weight excluding hydrogens is 236 g/mol. The Kier molecular flexibility index (Phi) is 2.65. The summed E-state index contributed by atoms with van der Waals surface area (Å²) in [5, 5.41) is 11.4. The smallest absolute Gasteiger partial charge is 0.0737 e. The van der Waals surface area contributed by atoms with Gasteiger partial charge < -0.3 is 10.0 Å². The van der Waals surface area contributed by atoms with Crippen LogP contribution in [-0.2, 0) is 0 Å². The van der Waals surface area contributed by atoms with Gasteiger partial charge in [0.15, 0.2) is 0 Å². The molecule has 3 nitrogen and oxygen atoms in total. The monoisotopic (exact) mass is 248 g/mol. The van der Waals surface area contributed by atoms with Crippen LogP contribution in [0.25, 0.3) is 10.9 Å². The molecule has 4 heteroatoms. The van der Waals surface area contributed by atoms with Gasteiger partial charge in [-0.3, -0.25) is 4.98 Å². The molecule has 0 amide bonds. The van der Waals surface area contributed by atoms with E-state index in [1.807, 2.05) is 24.3 Å². The third kappa shape index (κ3) is 1.96. The number of pyridine rings is 1. The summed E-state index contributed by atoms with van der Waals surface area (Å²) < 4.78 is 0. The largest absolute Gasteiger partial charge is 0.391 e. The van der Waals surface area contributed by atoms with E-state index >= 15 is 0 Å². The molecule has 0 unspecified atom stereocenters. The summed E-state index contributed by atoms with van der Waals surface area (Å²) in [5.74, 6) is 0. The Hall–Kier alpha value is -1.32. The van der Waals surface area contributed by atoms with Crippen LogP contribution in [0.5, 0.6) is 0 Å². The second kappa shape index (κ2) is 4.17. The number of rotatable bonds is 1. The summed E-state index contributed by atoms with van der Waals surface area (Å²) in [6.45, 7) is 1.59. The highest BCUT2D eigenvalue weighted by Gasteiger charge is 2.21. The van der Waals surface area contributed by atoms with Gasteiger partial charge in [0, 0.05) is 35.4 Å². The lowest BCUT2D eigenvalue weighted by molar-refractivity contribution is 0.198. The summed E-state index contributed by atoms with van der Waals surface area (Å²) in [5.41, 5.74) is 2.03. The molecule has 3 rings (SSSR count). The summed E-state index contributed by atoms with van der Waals surface area (Å²) in [6, 6.07) is 7.73. The highest BCUT2D eigenvalue weighted by molar-refractivity contribution is 6.31. The molecule has 88 valence electrons. The number of β-amino-alcohol motifs (C(OH)–C–C–N with tert-alkyl or cyclic N) is 1. The van der Waals surface area contributed by atoms with E-state index in [2.05, 4.69) is 9.88 Å². The van der Waals surface area contributed by atoms with Crippen molar-refractivity contribution < 1.29 is 5.11 Å². The van der Waals surface area contributed by atoms with Crippen LogP contribution in [-0.4, -0.2) is 29.3 Å². The SMILES string of the molecule is O[C@@H]1CCN(c2ccnc3cc(Cl)ccc23)C1. The van der Waals surface area contributed by atoms with Crippen molar-refractivity contribution in [3.63, 3.8) is 0 Å². The minimum Gasteiger partial charge on any atom is -0.391 e. The van der Waals surface area contributed by atoms with Gasteiger partial charge in [-0.1, -0.05) is 11.6 Å². The van der Waals surface area contributed by atoms with Gasteiger partial charge in [0.05, 0.1) is 11.6 Å². The maximum Gasteiger partial charge on any atom is 0.0737 e. The molecule has 1 fully saturated rings. The second-order valence-corrected chi connectivity index (χ2v) is 4.82. The van der Waals surface area contributed by atoms with Crippen LogP contribution < -0.4 is 4.90 Å². The fourth-order valence-corrected chi connectivity index (χ4v) is 2.51. The first-order valence-corrected chi connectivity index (χ1v) is 6.09. The number of fused-ring (bicyclic) bond motifs is 1. The fraction of sp³-hybridized carbons (Fsp3) is 0.308. The summed E-state index contributed by atoms with van der Waals surface area (Å²) in [7, 11) is 0. The van der Waals surface area contributed by atoms with Crippen molar-refractivity contribution >= 4 is 28.2 Å². The van der Waals surface area contributed by atoms with Gasteiger partial charge in [-0.15, -0.1) is 0 Å². The molecule has 2 heterocycles. The molecular formula is C13H13ClN2O. The lowest BCUT2D eigenvalue weighted by Crippen LogP contribution is -2.21. The summed E-state index contributed by atoms with van der Waals surface area (Å²) in [4.78, 5) is 6.52. The zero-order valence-electron chi connectivity index (χ0n) is 9.31. The first-order chi connectivity index (χ1) is 8.24. The van der Waals surface area contributed by atoms with E-state index in [0.29, 0.717) is 11.6 Å². The molecule has 1 aromatic heterocycles. The standard InChI is InChI=1S/C13H13ClN2O/c14-9-1-2-11-12(7-9)15-5-3-13(11)16-6-4-10(17)8-16/h1-3,5,7,10,17H,4,6,8H2/t10-/m1/s1. The number of hydrogen-bond donors (Lipinski definition) is 1. The van der Waals surface area contributed by atoms with Crippen LogP contribution in [0.15, 0.2) is 30.5 Å². The van der Waals surface area contributed by atoms with Crippen molar-refractivity contribution in [1.82, 2.24) is 4.98 Å². The van der Waals surface area contributed by atoms with Crippen molar-refractivity contribution in [2.75, 3.05) is 18.0 Å². The van der Waals surface area contributed by atoms with Crippen LogP contribution in [0, 0.1) is 0 Å². The van der Waals surface area contributed by atoms with E-state index in [1.165, 1.54) is 0 Å². The van der Waals surface area contributed by atoms with Crippen molar-refractivity contribution in [2.45, 2.75) is 12.5 Å². The number of benzene rings is 1. The number of anilines is 1. The summed E-state index contributed by atoms with van der Waals surface area (Å²) in [6.07, 6.45) is 2.40. The number of nitrogens with zero attached hydrogens (tertiary/aromatic N) is 2. The Labute approximate surface area is 105 Å². The number of aromatic nitrogens is 1. The molecule has 1 aliphatic heterocycles. The Bertz CT molecular complexity index is 558. The van der Waals surface area contributed by atoms with Gasteiger partial charge in [-0.25, -0.2) is 0 Å². The van der Waals surface area contributed by atoms with E-state index in [0.717, 1.165) is 29.6 Å². The molecule has 0 bridgehead atoms. The molecule has 1 aliphatic rings. The molecule has 17 heavy (non-hydrogen) atoms. The van der Waals surface area contributed by atoms with Crippen LogP contribution in [0.3, 0.4) is 0 Å². The molecule has 1 aromatic carbocycles. The molecule has 2 aromatic rings. The Balaban J connectivity index is 2.10. The van der Waals surface area contributed by atoms with E-state index in [1.54, 1.807) is 6.20 Å². The molecule has 1 saturated heterocycles. The van der Waals surface area contributed by atoms with Gasteiger partial charge in [0.25, 0.3) is 0 Å². The average molecular weight is 249 g/mol. The van der Waals surface area contributed by atoms with Gasteiger partial charge in [0.2, 0.25) is 0 Å². The van der Waals surface area contributed by atoms with Crippen molar-refractivity contribution in [1.29, 1.82) is 0 Å². The molecule has 0 saturated carbocycles. The predicted molar refractivity (Wildman–Crippen MR) is 69.6 cm³/mol. The van der Waals surface area contributed by atoms with Crippen molar-refractivity contribution in [2.24, 2.45) is 0 Å². The van der Waals surface area contributed by atoms with Gasteiger partial charge in [-0.2, -0.15) is 0 Å². The van der Waals surface area contributed by atoms with Crippen LogP contribution in [0.2, 0.25) is 5.02 Å². The van der Waals surface area contributed by atoms with E-state index in [-0.39, 0.29) is 6.10 Å². The minimum atomic E-state index is -0.217. The molecule has 0 radical (unpaired) electrons. The van der Waals surface area contributed by atoms with Gasteiger partial charge >= 0.3 is 0 Å². The van der Waals surface area contributed by atoms with E-state index in [4.69, 9.17) is 11.6 Å². The lowest BCUT2D eigenvalue weighted by Gasteiger charge is -2.19. The molecule has 1 N–H and O–H groups in total. The fourth-order valence-electron chi connectivity index (χ4n) is 2.34. The van der Waals surface area contributed by atoms with E-state index in [9.17, 15) is 5.11 Å². The van der Waals surface area contributed by atoms with Crippen LogP contribution in [0.4, 0.5) is 5.69 Å². The predicted octanol–water partition coefficient (Wildman–Crippen LogP) is 2.46. The minimum absolute atomic E-state index is 0.217. The van der Waals surface area contributed by atoms with Gasteiger partial charge in [0.1, 0.15) is 0 Å². The van der Waals surface area contributed by atoms with Crippen molar-refractivity contribution in [3.8, 4) is 0 Å². The zero-order valence-corrected chi connectivity index (χ0v) is 10.1. The van der Waals surface area contributed by atoms with Crippen LogP contribution in [0.1, 0.15) is 6.42 Å². The summed E-state index contributed by atoms with van der Waals surface area (Å²) >= 11 is 5.96. The Morgan fingerprint density at radius 2 is 2.24 bits per heavy atom. The van der Waals surface area contributed by atoms with Crippen molar-refractivity contribution in [3.05, 3.63) is 35.5 Å². The topological polar surface area (TPSA) is 36.4 Å². The molecule has 0 aliphatic carbocycles.